The van der Waals surface area contributed by atoms with Crippen molar-refractivity contribution in [2.24, 2.45) is 0 Å². The largest absolute Gasteiger partial charge is 0.298 e. The molecule has 1 rings (SSSR count). The Hall–Kier alpha value is -0.590. The molecule has 1 saturated carbocycles. The second-order valence-corrected chi connectivity index (χ2v) is 6.74. The van der Waals surface area contributed by atoms with Crippen molar-refractivity contribution in [2.45, 2.75) is 96.8 Å². The molecule has 3 atom stereocenters. The first-order chi connectivity index (χ1) is 9.48. The fourth-order valence-corrected chi connectivity index (χ4v) is 3.46. The highest BCUT2D eigenvalue weighted by Crippen LogP contribution is 2.34. The van der Waals surface area contributed by atoms with Crippen LogP contribution in [-0.4, -0.2) is 35.1 Å². The van der Waals surface area contributed by atoms with Gasteiger partial charge in [-0.05, 0) is 59.4 Å². The fourth-order valence-electron chi connectivity index (χ4n) is 3.46. The zero-order valence-electron chi connectivity index (χ0n) is 14.1. The zero-order valence-corrected chi connectivity index (χ0v) is 14.1. The average Bonchev–Trinajstić information content (AvgIpc) is 2.82. The molecule has 0 spiro atoms. The number of rotatable bonds is 8. The van der Waals surface area contributed by atoms with Gasteiger partial charge in [-0.1, -0.05) is 20.3 Å². The number of nitrogens with one attached hydrogen (secondary N) is 1. The smallest absolute Gasteiger partial charge is 0.108 e. The van der Waals surface area contributed by atoms with Crippen LogP contribution in [0.5, 0.6) is 0 Å². The average molecular weight is 279 g/mol. The van der Waals surface area contributed by atoms with Gasteiger partial charge in [-0.25, -0.2) is 0 Å². The van der Waals surface area contributed by atoms with E-state index in [0.29, 0.717) is 18.1 Å². The number of hydrogen-bond acceptors (Lipinski definition) is 3. The number of nitrogens with zero attached hydrogens (tertiary/aromatic N) is 2. The maximum absolute atomic E-state index is 9.61. The molecule has 3 unspecified atom stereocenters. The minimum absolute atomic E-state index is 0.295. The minimum Gasteiger partial charge on any atom is -0.298 e. The Labute approximate surface area is 125 Å². The minimum atomic E-state index is -0.295. The summed E-state index contributed by atoms with van der Waals surface area (Å²) in [7, 11) is 0. The summed E-state index contributed by atoms with van der Waals surface area (Å²) in [6.45, 7) is 12.3. The van der Waals surface area contributed by atoms with E-state index in [4.69, 9.17) is 0 Å². The first kappa shape index (κ1) is 17.5. The summed E-state index contributed by atoms with van der Waals surface area (Å²) in [5.41, 5.74) is -0.295. The van der Waals surface area contributed by atoms with E-state index in [9.17, 15) is 5.26 Å². The summed E-state index contributed by atoms with van der Waals surface area (Å²) in [6, 6.07) is 4.14. The molecule has 1 aliphatic carbocycles. The molecule has 0 aromatic rings. The van der Waals surface area contributed by atoms with Gasteiger partial charge in [0, 0.05) is 18.1 Å². The third-order valence-electron chi connectivity index (χ3n) is 4.66. The molecule has 1 N–H and O–H groups in total. The summed E-state index contributed by atoms with van der Waals surface area (Å²) >= 11 is 0. The topological polar surface area (TPSA) is 39.1 Å². The quantitative estimate of drug-likeness (QED) is 0.736. The number of unbranched alkanes of at least 4 members (excludes halogenated alkanes) is 1. The second-order valence-electron chi connectivity index (χ2n) is 6.74. The highest BCUT2D eigenvalue weighted by atomic mass is 15.2. The van der Waals surface area contributed by atoms with E-state index in [1.54, 1.807) is 0 Å². The van der Waals surface area contributed by atoms with Crippen LogP contribution in [0.4, 0.5) is 0 Å². The standard InChI is InChI=1S/C17H33N3/c1-6-8-11-20(15(5)7-2)16-9-10-17(12-16,13-18)19-14(3)4/h14-16,19H,6-12H2,1-5H3. The molecule has 0 heterocycles. The van der Waals surface area contributed by atoms with Crippen LogP contribution in [0.25, 0.3) is 0 Å². The molecule has 0 aliphatic heterocycles. The van der Waals surface area contributed by atoms with Crippen molar-refractivity contribution in [1.82, 2.24) is 10.2 Å². The Morgan fingerprint density at radius 1 is 1.35 bits per heavy atom. The van der Waals surface area contributed by atoms with Crippen molar-refractivity contribution >= 4 is 0 Å². The van der Waals surface area contributed by atoms with Gasteiger partial charge in [0.25, 0.3) is 0 Å². The third kappa shape index (κ3) is 4.46. The molecule has 1 aliphatic rings. The molecule has 0 amide bonds. The molecular formula is C17H33N3. The maximum atomic E-state index is 9.61. The number of nitriles is 1. The van der Waals surface area contributed by atoms with Crippen LogP contribution >= 0.6 is 0 Å². The molecule has 1 fully saturated rings. The van der Waals surface area contributed by atoms with Gasteiger partial charge in [-0.15, -0.1) is 0 Å². The lowest BCUT2D eigenvalue weighted by Gasteiger charge is -2.35. The van der Waals surface area contributed by atoms with Crippen molar-refractivity contribution in [3.05, 3.63) is 0 Å². The van der Waals surface area contributed by atoms with E-state index in [1.165, 1.54) is 25.8 Å². The van der Waals surface area contributed by atoms with Crippen LogP contribution in [-0.2, 0) is 0 Å². The van der Waals surface area contributed by atoms with Crippen LogP contribution in [0, 0.1) is 11.3 Å². The summed E-state index contributed by atoms with van der Waals surface area (Å²) in [5, 5.41) is 13.1. The lowest BCUT2D eigenvalue weighted by molar-refractivity contribution is 0.134. The Morgan fingerprint density at radius 2 is 2.05 bits per heavy atom. The van der Waals surface area contributed by atoms with Gasteiger partial charge in [-0.2, -0.15) is 5.26 Å². The summed E-state index contributed by atoms with van der Waals surface area (Å²) < 4.78 is 0. The molecule has 0 bridgehead atoms. The van der Waals surface area contributed by atoms with Gasteiger partial charge < -0.3 is 0 Å². The van der Waals surface area contributed by atoms with Crippen LogP contribution in [0.15, 0.2) is 0 Å². The van der Waals surface area contributed by atoms with Gasteiger partial charge in [0.2, 0.25) is 0 Å². The fraction of sp³-hybridized carbons (Fsp3) is 0.941. The van der Waals surface area contributed by atoms with Crippen LogP contribution < -0.4 is 5.32 Å². The van der Waals surface area contributed by atoms with E-state index < -0.39 is 0 Å². The van der Waals surface area contributed by atoms with E-state index in [1.807, 2.05) is 0 Å². The first-order valence-corrected chi connectivity index (χ1v) is 8.42. The molecule has 0 aromatic carbocycles. The summed E-state index contributed by atoms with van der Waals surface area (Å²) in [6.07, 6.45) is 6.82. The Kier molecular flexibility index (Phi) is 6.99. The van der Waals surface area contributed by atoms with E-state index in [-0.39, 0.29) is 5.54 Å². The van der Waals surface area contributed by atoms with Crippen molar-refractivity contribution in [3.8, 4) is 6.07 Å². The molecule has 116 valence electrons. The molecule has 3 heteroatoms. The van der Waals surface area contributed by atoms with Gasteiger partial charge in [0.05, 0.1) is 6.07 Å². The van der Waals surface area contributed by atoms with Crippen LogP contribution in [0.2, 0.25) is 0 Å². The monoisotopic (exact) mass is 279 g/mol. The van der Waals surface area contributed by atoms with Gasteiger partial charge in [0.15, 0.2) is 0 Å². The van der Waals surface area contributed by atoms with Crippen LogP contribution in [0.3, 0.4) is 0 Å². The maximum Gasteiger partial charge on any atom is 0.108 e. The first-order valence-electron chi connectivity index (χ1n) is 8.42. The van der Waals surface area contributed by atoms with Crippen molar-refractivity contribution in [1.29, 1.82) is 5.26 Å². The summed E-state index contributed by atoms with van der Waals surface area (Å²) in [5.74, 6) is 0. The third-order valence-corrected chi connectivity index (χ3v) is 4.66. The predicted octanol–water partition coefficient (Wildman–Crippen LogP) is 3.70. The Bertz CT molecular complexity index is 321. The summed E-state index contributed by atoms with van der Waals surface area (Å²) in [4.78, 5) is 2.66. The molecular weight excluding hydrogens is 246 g/mol. The normalized spacial score (nSPS) is 28.0. The SMILES string of the molecule is CCCCN(C(C)CC)C1CCC(C#N)(NC(C)C)C1. The zero-order chi connectivity index (χ0) is 15.2. The van der Waals surface area contributed by atoms with E-state index >= 15 is 0 Å². The molecule has 0 aromatic heterocycles. The molecule has 20 heavy (non-hydrogen) atoms. The molecule has 0 radical (unpaired) electrons. The van der Waals surface area contributed by atoms with Crippen LogP contribution in [0.1, 0.15) is 73.1 Å². The lowest BCUT2D eigenvalue weighted by Crippen LogP contribution is -2.48. The van der Waals surface area contributed by atoms with Crippen molar-refractivity contribution in [3.63, 3.8) is 0 Å². The van der Waals surface area contributed by atoms with E-state index in [2.05, 4.69) is 50.9 Å². The lowest BCUT2D eigenvalue weighted by atomic mass is 9.97. The van der Waals surface area contributed by atoms with Gasteiger partial charge >= 0.3 is 0 Å². The Balaban J connectivity index is 2.73. The Morgan fingerprint density at radius 3 is 2.55 bits per heavy atom. The molecule has 0 saturated heterocycles. The van der Waals surface area contributed by atoms with E-state index in [0.717, 1.165) is 19.3 Å². The molecule has 3 nitrogen and oxygen atoms in total. The van der Waals surface area contributed by atoms with Crippen molar-refractivity contribution < 1.29 is 0 Å². The van der Waals surface area contributed by atoms with Gasteiger partial charge in [-0.3, -0.25) is 10.2 Å². The highest BCUT2D eigenvalue weighted by molar-refractivity contribution is 5.14. The predicted molar refractivity (Wildman–Crippen MR) is 85.6 cm³/mol. The van der Waals surface area contributed by atoms with Crippen molar-refractivity contribution in [2.75, 3.05) is 6.54 Å². The highest BCUT2D eigenvalue weighted by Gasteiger charge is 2.42. The second kappa shape index (κ2) is 8.00. The van der Waals surface area contributed by atoms with Gasteiger partial charge in [0.1, 0.15) is 5.54 Å². The number of hydrogen-bond donors (Lipinski definition) is 1.